The van der Waals surface area contributed by atoms with Gasteiger partial charge in [0.1, 0.15) is 5.82 Å². The van der Waals surface area contributed by atoms with Crippen molar-refractivity contribution in [2.75, 3.05) is 10.6 Å². The van der Waals surface area contributed by atoms with Crippen molar-refractivity contribution in [3.63, 3.8) is 0 Å². The van der Waals surface area contributed by atoms with Crippen LogP contribution in [0.15, 0.2) is 72.8 Å². The largest absolute Gasteiger partial charge is 0.348 e. The summed E-state index contributed by atoms with van der Waals surface area (Å²) in [4.78, 5) is 12.4. The Morgan fingerprint density at radius 3 is 2.07 bits per heavy atom. The summed E-state index contributed by atoms with van der Waals surface area (Å²) >= 11 is 5.89. The third-order valence-electron chi connectivity index (χ3n) is 4.42. The number of benzene rings is 3. The van der Waals surface area contributed by atoms with Gasteiger partial charge in [-0.25, -0.2) is 12.8 Å². The van der Waals surface area contributed by atoms with Gasteiger partial charge in [-0.15, -0.1) is 0 Å². The van der Waals surface area contributed by atoms with E-state index >= 15 is 0 Å². The predicted octanol–water partition coefficient (Wildman–Crippen LogP) is 4.38. The average Bonchev–Trinajstić information content (AvgIpc) is 2.72. The van der Waals surface area contributed by atoms with E-state index in [0.717, 1.165) is 17.4 Å². The molecular weight excluding hydrogens is 427 g/mol. The highest BCUT2D eigenvalue weighted by Gasteiger charge is 2.18. The zero-order valence-corrected chi connectivity index (χ0v) is 17.8. The molecule has 0 radical (unpaired) electrons. The third kappa shape index (κ3) is 5.81. The second-order valence-corrected chi connectivity index (χ2v) is 9.10. The van der Waals surface area contributed by atoms with Crippen LogP contribution in [-0.2, 0) is 23.1 Å². The number of rotatable bonds is 7. The average molecular weight is 447 g/mol. The van der Waals surface area contributed by atoms with Crippen LogP contribution < -0.4 is 9.62 Å². The van der Waals surface area contributed by atoms with Crippen molar-refractivity contribution in [2.45, 2.75) is 13.1 Å². The third-order valence-corrected chi connectivity index (χ3v) is 5.82. The van der Waals surface area contributed by atoms with Crippen molar-refractivity contribution in [1.82, 2.24) is 5.32 Å². The summed E-state index contributed by atoms with van der Waals surface area (Å²) in [5.41, 5.74) is 2.39. The van der Waals surface area contributed by atoms with E-state index < -0.39 is 10.0 Å². The van der Waals surface area contributed by atoms with Crippen molar-refractivity contribution in [3.8, 4) is 0 Å². The molecule has 0 fully saturated rings. The fraction of sp³-hybridized carbons (Fsp3) is 0.136. The number of sulfonamides is 1. The van der Waals surface area contributed by atoms with Crippen molar-refractivity contribution in [2.24, 2.45) is 0 Å². The van der Waals surface area contributed by atoms with Crippen LogP contribution in [0, 0.1) is 5.82 Å². The van der Waals surface area contributed by atoms with E-state index in [2.05, 4.69) is 5.32 Å². The zero-order valence-electron chi connectivity index (χ0n) is 16.2. The lowest BCUT2D eigenvalue weighted by Crippen LogP contribution is -2.29. The summed E-state index contributed by atoms with van der Waals surface area (Å²) in [6, 6.07) is 19.1. The van der Waals surface area contributed by atoms with Crippen LogP contribution in [0.3, 0.4) is 0 Å². The molecule has 0 aliphatic rings. The highest BCUT2D eigenvalue weighted by molar-refractivity contribution is 7.92. The summed E-state index contributed by atoms with van der Waals surface area (Å²) in [5.74, 6) is -0.649. The lowest BCUT2D eigenvalue weighted by atomic mass is 10.1. The number of hydrogen-bond donors (Lipinski definition) is 1. The summed E-state index contributed by atoms with van der Waals surface area (Å²) in [5, 5.41) is 3.32. The highest BCUT2D eigenvalue weighted by atomic mass is 35.5. The molecule has 0 heterocycles. The number of anilines is 1. The van der Waals surface area contributed by atoms with Gasteiger partial charge in [-0.2, -0.15) is 0 Å². The quantitative estimate of drug-likeness (QED) is 0.585. The van der Waals surface area contributed by atoms with Gasteiger partial charge in [-0.1, -0.05) is 35.9 Å². The van der Waals surface area contributed by atoms with E-state index in [4.69, 9.17) is 11.6 Å². The van der Waals surface area contributed by atoms with E-state index in [0.29, 0.717) is 16.3 Å². The monoisotopic (exact) mass is 446 g/mol. The van der Waals surface area contributed by atoms with Gasteiger partial charge in [0, 0.05) is 17.1 Å². The first-order valence-electron chi connectivity index (χ1n) is 9.07. The minimum absolute atomic E-state index is 0.145. The van der Waals surface area contributed by atoms with E-state index in [1.54, 1.807) is 60.7 Å². The number of amides is 1. The second kappa shape index (κ2) is 9.28. The number of nitrogens with zero attached hydrogens (tertiary/aromatic N) is 1. The van der Waals surface area contributed by atoms with Crippen molar-refractivity contribution in [3.05, 3.63) is 100 Å². The minimum atomic E-state index is -3.54. The Hall–Kier alpha value is -2.90. The van der Waals surface area contributed by atoms with Gasteiger partial charge in [-0.3, -0.25) is 9.10 Å². The maximum Gasteiger partial charge on any atom is 0.251 e. The molecule has 5 nitrogen and oxygen atoms in total. The van der Waals surface area contributed by atoms with Gasteiger partial charge >= 0.3 is 0 Å². The SMILES string of the molecule is CS(=O)(=O)N(Cc1ccc(Cl)cc1)c1ccc(C(=O)NCc2ccc(F)cc2)cc1. The Balaban J connectivity index is 1.71. The minimum Gasteiger partial charge on any atom is -0.348 e. The molecule has 1 N–H and O–H groups in total. The zero-order chi connectivity index (χ0) is 21.7. The lowest BCUT2D eigenvalue weighted by molar-refractivity contribution is 0.0951. The molecule has 3 rings (SSSR count). The van der Waals surface area contributed by atoms with Crippen LogP contribution in [-0.4, -0.2) is 20.6 Å². The molecule has 0 unspecified atom stereocenters. The molecule has 0 saturated heterocycles. The standard InChI is InChI=1S/C22H20ClFN2O3S/c1-30(28,29)26(15-17-2-8-19(23)9-3-17)21-12-6-18(7-13-21)22(27)25-14-16-4-10-20(24)11-5-16/h2-13H,14-15H2,1H3,(H,25,27). The number of carbonyl (C=O) groups is 1. The number of nitrogens with one attached hydrogen (secondary N) is 1. The van der Waals surface area contributed by atoms with E-state index in [1.165, 1.54) is 16.4 Å². The van der Waals surface area contributed by atoms with Gasteiger partial charge in [-0.05, 0) is 59.7 Å². The van der Waals surface area contributed by atoms with Gasteiger partial charge in [0.2, 0.25) is 10.0 Å². The van der Waals surface area contributed by atoms with Crippen LogP contribution in [0.25, 0.3) is 0 Å². The molecule has 0 bridgehead atoms. The van der Waals surface area contributed by atoms with Crippen LogP contribution >= 0.6 is 11.6 Å². The smallest absolute Gasteiger partial charge is 0.251 e. The number of carbonyl (C=O) groups excluding carboxylic acids is 1. The van der Waals surface area contributed by atoms with E-state index in [9.17, 15) is 17.6 Å². The molecule has 3 aromatic rings. The van der Waals surface area contributed by atoms with Crippen molar-refractivity contribution in [1.29, 1.82) is 0 Å². The molecule has 3 aromatic carbocycles. The highest BCUT2D eigenvalue weighted by Crippen LogP contribution is 2.22. The molecule has 1 amide bonds. The molecule has 0 aliphatic heterocycles. The fourth-order valence-electron chi connectivity index (χ4n) is 2.82. The van der Waals surface area contributed by atoms with Gasteiger partial charge in [0.05, 0.1) is 18.5 Å². The Labute approximate surface area is 180 Å². The maximum atomic E-state index is 13.0. The van der Waals surface area contributed by atoms with Crippen molar-refractivity contribution >= 4 is 33.2 Å². The summed E-state index contributed by atoms with van der Waals surface area (Å²) < 4.78 is 38.8. The molecule has 0 saturated carbocycles. The molecule has 0 atom stereocenters. The summed E-state index contributed by atoms with van der Waals surface area (Å²) in [6.07, 6.45) is 1.13. The first kappa shape index (κ1) is 21.8. The van der Waals surface area contributed by atoms with Crippen LogP contribution in [0.1, 0.15) is 21.5 Å². The Morgan fingerprint density at radius 1 is 0.933 bits per heavy atom. The van der Waals surface area contributed by atoms with Crippen LogP contribution in [0.4, 0.5) is 10.1 Å². The topological polar surface area (TPSA) is 66.5 Å². The number of hydrogen-bond acceptors (Lipinski definition) is 3. The molecule has 0 spiro atoms. The summed E-state index contributed by atoms with van der Waals surface area (Å²) in [7, 11) is -3.54. The van der Waals surface area contributed by atoms with Gasteiger partial charge in [0.25, 0.3) is 5.91 Å². The molecule has 0 aliphatic carbocycles. The molecule has 30 heavy (non-hydrogen) atoms. The first-order valence-corrected chi connectivity index (χ1v) is 11.3. The predicted molar refractivity (Wildman–Crippen MR) is 116 cm³/mol. The summed E-state index contributed by atoms with van der Waals surface area (Å²) in [6.45, 7) is 0.402. The Morgan fingerprint density at radius 2 is 1.50 bits per heavy atom. The van der Waals surface area contributed by atoms with E-state index in [1.807, 2.05) is 0 Å². The molecule has 156 valence electrons. The van der Waals surface area contributed by atoms with Crippen LogP contribution in [0.2, 0.25) is 5.02 Å². The van der Waals surface area contributed by atoms with Gasteiger partial charge < -0.3 is 5.32 Å². The molecular formula is C22H20ClFN2O3S. The normalized spacial score (nSPS) is 11.2. The molecule has 8 heteroatoms. The molecule has 0 aromatic heterocycles. The Kier molecular flexibility index (Phi) is 6.74. The second-order valence-electron chi connectivity index (χ2n) is 6.75. The number of halogens is 2. The van der Waals surface area contributed by atoms with Crippen LogP contribution in [0.5, 0.6) is 0 Å². The fourth-order valence-corrected chi connectivity index (χ4v) is 3.84. The van der Waals surface area contributed by atoms with Crippen molar-refractivity contribution < 1.29 is 17.6 Å². The first-order chi connectivity index (χ1) is 14.2. The maximum absolute atomic E-state index is 13.0. The van der Waals surface area contributed by atoms with E-state index in [-0.39, 0.29) is 24.8 Å². The Bertz CT molecular complexity index is 1120. The van der Waals surface area contributed by atoms with Gasteiger partial charge in [0.15, 0.2) is 0 Å². The lowest BCUT2D eigenvalue weighted by Gasteiger charge is -2.23.